The van der Waals surface area contributed by atoms with Crippen LogP contribution < -0.4 is 5.32 Å². The number of rotatable bonds is 5. The monoisotopic (exact) mass is 406 g/mol. The summed E-state index contributed by atoms with van der Waals surface area (Å²) < 4.78 is 25.3. The van der Waals surface area contributed by atoms with Crippen LogP contribution in [0.4, 0.5) is 5.95 Å². The van der Waals surface area contributed by atoms with E-state index in [0.717, 1.165) is 28.2 Å². The van der Waals surface area contributed by atoms with Crippen molar-refractivity contribution in [2.24, 2.45) is 7.05 Å². The number of anilines is 1. The van der Waals surface area contributed by atoms with E-state index in [9.17, 15) is 8.42 Å². The van der Waals surface area contributed by atoms with Gasteiger partial charge in [-0.1, -0.05) is 42.0 Å². The first kappa shape index (κ1) is 19.1. The van der Waals surface area contributed by atoms with Crippen molar-refractivity contribution in [1.29, 1.82) is 0 Å². The van der Waals surface area contributed by atoms with Crippen molar-refractivity contribution in [3.05, 3.63) is 71.9 Å². The molecule has 7 heteroatoms. The molecule has 2 aromatic carbocycles. The van der Waals surface area contributed by atoms with Gasteiger partial charge in [0.1, 0.15) is 5.52 Å². The highest BCUT2D eigenvalue weighted by Crippen LogP contribution is 2.25. The van der Waals surface area contributed by atoms with Gasteiger partial charge in [0.2, 0.25) is 5.95 Å². The van der Waals surface area contributed by atoms with Gasteiger partial charge in [-0.15, -0.1) is 0 Å². The van der Waals surface area contributed by atoms with Gasteiger partial charge in [0, 0.05) is 25.4 Å². The Morgan fingerprint density at radius 1 is 1.07 bits per heavy atom. The highest BCUT2D eigenvalue weighted by Gasteiger charge is 2.11. The van der Waals surface area contributed by atoms with Crippen molar-refractivity contribution in [2.75, 3.05) is 11.6 Å². The molecule has 1 N–H and O–H groups in total. The first-order chi connectivity index (χ1) is 13.8. The Kier molecular flexibility index (Phi) is 4.84. The van der Waals surface area contributed by atoms with Crippen LogP contribution in [0.2, 0.25) is 0 Å². The second kappa shape index (κ2) is 7.33. The molecule has 0 aliphatic heterocycles. The summed E-state index contributed by atoms with van der Waals surface area (Å²) in [7, 11) is -1.25. The molecule has 0 aliphatic carbocycles. The number of aromatic nitrogens is 3. The quantitative estimate of drug-likeness (QED) is 0.543. The maximum atomic E-state index is 11.7. The van der Waals surface area contributed by atoms with Crippen molar-refractivity contribution >= 4 is 26.8 Å². The van der Waals surface area contributed by atoms with Crippen LogP contribution in [0, 0.1) is 6.92 Å². The molecule has 0 unspecified atom stereocenters. The number of benzene rings is 2. The molecule has 29 heavy (non-hydrogen) atoms. The minimum atomic E-state index is -3.21. The molecular formula is C22H22N4O2S. The number of nitrogens with zero attached hydrogens (tertiary/aromatic N) is 3. The van der Waals surface area contributed by atoms with Crippen molar-refractivity contribution in [1.82, 2.24) is 14.5 Å². The molecule has 4 rings (SSSR count). The number of nitrogens with one attached hydrogen (secondary N) is 1. The SMILES string of the molecule is Cc1cccc(CNc2nc3cnc(-c4ccc(S(C)(=O)=O)cc4)cc3n2C)c1. The van der Waals surface area contributed by atoms with E-state index in [0.29, 0.717) is 11.4 Å². The zero-order chi connectivity index (χ0) is 20.6. The molecule has 6 nitrogen and oxygen atoms in total. The highest BCUT2D eigenvalue weighted by molar-refractivity contribution is 7.90. The third-order valence-corrected chi connectivity index (χ3v) is 6.01. The van der Waals surface area contributed by atoms with E-state index >= 15 is 0 Å². The predicted octanol–water partition coefficient (Wildman–Crippen LogP) is 3.96. The Bertz CT molecular complexity index is 1290. The Balaban J connectivity index is 1.62. The van der Waals surface area contributed by atoms with Gasteiger partial charge >= 0.3 is 0 Å². The molecule has 0 radical (unpaired) electrons. The molecule has 148 valence electrons. The van der Waals surface area contributed by atoms with E-state index in [2.05, 4.69) is 40.4 Å². The van der Waals surface area contributed by atoms with Crippen LogP contribution in [0.3, 0.4) is 0 Å². The van der Waals surface area contributed by atoms with Gasteiger partial charge in [-0.25, -0.2) is 13.4 Å². The third kappa shape index (κ3) is 4.00. The fourth-order valence-electron chi connectivity index (χ4n) is 3.29. The fourth-order valence-corrected chi connectivity index (χ4v) is 3.92. The average molecular weight is 407 g/mol. The summed E-state index contributed by atoms with van der Waals surface area (Å²) in [5, 5.41) is 3.39. The van der Waals surface area contributed by atoms with Crippen LogP contribution in [-0.4, -0.2) is 29.2 Å². The molecule has 0 amide bonds. The molecule has 0 saturated heterocycles. The fraction of sp³-hybridized carbons (Fsp3) is 0.182. The number of sulfone groups is 1. The maximum absolute atomic E-state index is 11.7. The van der Waals surface area contributed by atoms with Crippen LogP contribution in [0.15, 0.2) is 65.7 Å². The summed E-state index contributed by atoms with van der Waals surface area (Å²) in [4.78, 5) is 9.44. The number of pyridine rings is 1. The summed E-state index contributed by atoms with van der Waals surface area (Å²) in [6, 6.07) is 17.1. The topological polar surface area (TPSA) is 76.9 Å². The molecule has 0 aliphatic rings. The normalized spacial score (nSPS) is 11.7. The lowest BCUT2D eigenvalue weighted by Gasteiger charge is -2.07. The van der Waals surface area contributed by atoms with Gasteiger partial charge in [0.15, 0.2) is 9.84 Å². The molecule has 0 fully saturated rings. The van der Waals surface area contributed by atoms with Gasteiger partial charge in [-0.05, 0) is 30.7 Å². The van der Waals surface area contributed by atoms with Crippen molar-refractivity contribution < 1.29 is 8.42 Å². The first-order valence-electron chi connectivity index (χ1n) is 9.24. The van der Waals surface area contributed by atoms with E-state index in [1.807, 2.05) is 23.7 Å². The number of hydrogen-bond donors (Lipinski definition) is 1. The van der Waals surface area contributed by atoms with Crippen LogP contribution >= 0.6 is 0 Å². The van der Waals surface area contributed by atoms with E-state index < -0.39 is 9.84 Å². The van der Waals surface area contributed by atoms with Crippen molar-refractivity contribution in [2.45, 2.75) is 18.4 Å². The second-order valence-electron chi connectivity index (χ2n) is 7.19. The Morgan fingerprint density at radius 2 is 1.83 bits per heavy atom. The van der Waals surface area contributed by atoms with E-state index in [4.69, 9.17) is 0 Å². The Hall–Kier alpha value is -3.19. The van der Waals surface area contributed by atoms with Gasteiger partial charge in [0.25, 0.3) is 0 Å². The molecule has 0 atom stereocenters. The minimum Gasteiger partial charge on any atom is -0.352 e. The average Bonchev–Trinajstić information content (AvgIpc) is 3.01. The smallest absolute Gasteiger partial charge is 0.203 e. The molecule has 2 aromatic heterocycles. The van der Waals surface area contributed by atoms with Crippen molar-refractivity contribution in [3.8, 4) is 11.3 Å². The zero-order valence-corrected chi connectivity index (χ0v) is 17.4. The summed E-state index contributed by atoms with van der Waals surface area (Å²) >= 11 is 0. The van der Waals surface area contributed by atoms with Crippen LogP contribution in [-0.2, 0) is 23.4 Å². The summed E-state index contributed by atoms with van der Waals surface area (Å²) in [5.41, 5.74) is 5.80. The number of aryl methyl sites for hydroxylation is 2. The number of imidazole rings is 1. The molecule has 0 bridgehead atoms. The molecule has 4 aromatic rings. The van der Waals surface area contributed by atoms with Crippen molar-refractivity contribution in [3.63, 3.8) is 0 Å². The lowest BCUT2D eigenvalue weighted by molar-refractivity contribution is 0.602. The summed E-state index contributed by atoms with van der Waals surface area (Å²) in [6.45, 7) is 2.76. The summed E-state index contributed by atoms with van der Waals surface area (Å²) in [6.07, 6.45) is 2.94. The minimum absolute atomic E-state index is 0.297. The van der Waals surface area contributed by atoms with Gasteiger partial charge in [-0.2, -0.15) is 0 Å². The van der Waals surface area contributed by atoms with E-state index in [1.165, 1.54) is 17.4 Å². The Labute approximate surface area is 170 Å². The standard InChI is InChI=1S/C22H22N4O2S/c1-15-5-4-6-16(11-15)13-24-22-25-20-14-23-19(12-21(20)26(22)2)17-7-9-18(10-8-17)29(3,27)28/h4-12,14H,13H2,1-3H3,(H,24,25). The lowest BCUT2D eigenvalue weighted by atomic mass is 10.1. The third-order valence-electron chi connectivity index (χ3n) is 4.88. The Morgan fingerprint density at radius 3 is 2.52 bits per heavy atom. The van der Waals surface area contributed by atoms with Gasteiger partial charge in [-0.3, -0.25) is 4.98 Å². The predicted molar refractivity (Wildman–Crippen MR) is 116 cm³/mol. The number of hydrogen-bond acceptors (Lipinski definition) is 5. The van der Waals surface area contributed by atoms with E-state index in [-0.39, 0.29) is 0 Å². The zero-order valence-electron chi connectivity index (χ0n) is 16.5. The van der Waals surface area contributed by atoms with E-state index in [1.54, 1.807) is 30.5 Å². The maximum Gasteiger partial charge on any atom is 0.203 e. The van der Waals surface area contributed by atoms with Gasteiger partial charge < -0.3 is 9.88 Å². The molecule has 0 saturated carbocycles. The van der Waals surface area contributed by atoms with Crippen LogP contribution in [0.25, 0.3) is 22.3 Å². The molecule has 2 heterocycles. The van der Waals surface area contributed by atoms with Crippen LogP contribution in [0.1, 0.15) is 11.1 Å². The molecule has 0 spiro atoms. The number of fused-ring (bicyclic) bond motifs is 1. The largest absolute Gasteiger partial charge is 0.352 e. The van der Waals surface area contributed by atoms with Crippen LogP contribution in [0.5, 0.6) is 0 Å². The summed E-state index contributed by atoms with van der Waals surface area (Å²) in [5.74, 6) is 0.771. The lowest BCUT2D eigenvalue weighted by Crippen LogP contribution is -2.05. The van der Waals surface area contributed by atoms with Gasteiger partial charge in [0.05, 0.1) is 22.3 Å². The first-order valence-corrected chi connectivity index (χ1v) is 11.1. The highest BCUT2D eigenvalue weighted by atomic mass is 32.2. The molecular weight excluding hydrogens is 384 g/mol. The second-order valence-corrected chi connectivity index (χ2v) is 9.21.